The Morgan fingerprint density at radius 3 is 2.45 bits per heavy atom. The maximum absolute atomic E-state index is 13.2. The van der Waals surface area contributed by atoms with E-state index in [-0.39, 0.29) is 11.0 Å². The number of ether oxygens (including phenoxy) is 1. The number of imidazole rings is 1. The number of rotatable bonds is 9. The van der Waals surface area contributed by atoms with Crippen LogP contribution in [-0.2, 0) is 16.9 Å². The molecule has 0 bridgehead atoms. The Kier molecular flexibility index (Phi) is 9.48. The minimum atomic E-state index is -3.54. The van der Waals surface area contributed by atoms with Gasteiger partial charge < -0.3 is 19.9 Å². The van der Waals surface area contributed by atoms with Crippen LogP contribution in [0.2, 0.25) is 0 Å². The molecule has 44 heavy (non-hydrogen) atoms. The number of para-hydroxylation sites is 1. The van der Waals surface area contributed by atoms with Crippen LogP contribution in [0, 0.1) is 12.8 Å². The fourth-order valence-electron chi connectivity index (χ4n) is 6.08. The third kappa shape index (κ3) is 6.85. The number of fused-ring (bicyclic) bond motifs is 1. The van der Waals surface area contributed by atoms with Crippen molar-refractivity contribution in [2.75, 3.05) is 10.6 Å². The molecule has 236 valence electrons. The molecule has 1 aliphatic carbocycles. The summed E-state index contributed by atoms with van der Waals surface area (Å²) in [6, 6.07) is 11.2. The lowest BCUT2D eigenvalue weighted by Crippen LogP contribution is -2.16. The minimum Gasteiger partial charge on any atom is -0.489 e. The highest BCUT2D eigenvalue weighted by Crippen LogP contribution is 2.40. The van der Waals surface area contributed by atoms with Crippen LogP contribution in [0.25, 0.3) is 11.2 Å². The molecule has 1 saturated carbocycles. The van der Waals surface area contributed by atoms with Crippen molar-refractivity contribution < 1.29 is 13.2 Å². The maximum Gasteiger partial charge on any atom is 0.231 e. The number of sulfone groups is 1. The molecule has 1 fully saturated rings. The molecule has 0 spiro atoms. The first-order valence-corrected chi connectivity index (χ1v) is 17.4. The molecule has 0 radical (unpaired) electrons. The topological polar surface area (TPSA) is 111 Å². The second-order valence-electron chi connectivity index (χ2n) is 12.8. The zero-order valence-electron chi connectivity index (χ0n) is 27.0. The third-order valence-electron chi connectivity index (χ3n) is 8.56. The number of nitrogens with zero attached hydrogens (tertiary/aromatic N) is 4. The van der Waals surface area contributed by atoms with Crippen LogP contribution in [0.5, 0.6) is 5.75 Å². The van der Waals surface area contributed by atoms with Gasteiger partial charge in [-0.05, 0) is 94.7 Å². The first-order valence-electron chi connectivity index (χ1n) is 15.8. The summed E-state index contributed by atoms with van der Waals surface area (Å²) in [5.41, 5.74) is 4.95. The van der Waals surface area contributed by atoms with Crippen molar-refractivity contribution in [1.82, 2.24) is 19.5 Å². The van der Waals surface area contributed by atoms with Gasteiger partial charge in [-0.3, -0.25) is 0 Å². The Morgan fingerprint density at radius 1 is 0.955 bits per heavy atom. The van der Waals surface area contributed by atoms with Crippen molar-refractivity contribution >= 4 is 44.1 Å². The van der Waals surface area contributed by atoms with Gasteiger partial charge in [0, 0.05) is 7.05 Å². The highest BCUT2D eigenvalue weighted by Gasteiger charge is 2.25. The molecular weight excluding hydrogens is 572 g/mol. The summed E-state index contributed by atoms with van der Waals surface area (Å²) in [5, 5.41) is 6.14. The van der Waals surface area contributed by atoms with Crippen molar-refractivity contribution in [3.05, 3.63) is 53.9 Å². The first-order chi connectivity index (χ1) is 20.9. The number of benzene rings is 2. The molecule has 2 heterocycles. The first kappa shape index (κ1) is 31.8. The SMILES string of the molecule is Cc1cc(Nc2nc(Nc3ccccc3S(=O)(=O)C(C)C)c3c(ncn3C)n2)c(OC(C)C)cc1C1CCCCC(C)CC1. The summed E-state index contributed by atoms with van der Waals surface area (Å²) in [7, 11) is -1.68. The van der Waals surface area contributed by atoms with Gasteiger partial charge in [0.2, 0.25) is 5.95 Å². The summed E-state index contributed by atoms with van der Waals surface area (Å²) in [4.78, 5) is 14.3. The van der Waals surface area contributed by atoms with E-state index in [1.54, 1.807) is 44.4 Å². The van der Waals surface area contributed by atoms with E-state index in [0.29, 0.717) is 34.5 Å². The van der Waals surface area contributed by atoms with Gasteiger partial charge in [0.05, 0.1) is 34.0 Å². The smallest absolute Gasteiger partial charge is 0.231 e. The van der Waals surface area contributed by atoms with Gasteiger partial charge in [-0.25, -0.2) is 13.4 Å². The zero-order valence-corrected chi connectivity index (χ0v) is 27.8. The number of anilines is 4. The van der Waals surface area contributed by atoms with Crippen molar-refractivity contribution in [3.8, 4) is 5.75 Å². The highest BCUT2D eigenvalue weighted by molar-refractivity contribution is 7.92. The zero-order chi connectivity index (χ0) is 31.6. The molecule has 2 N–H and O–H groups in total. The molecule has 0 aliphatic heterocycles. The summed E-state index contributed by atoms with van der Waals surface area (Å²) in [6.07, 6.45) is 9.18. The van der Waals surface area contributed by atoms with Gasteiger partial charge in [0.15, 0.2) is 21.3 Å². The van der Waals surface area contributed by atoms with Crippen LogP contribution < -0.4 is 15.4 Å². The van der Waals surface area contributed by atoms with Crippen molar-refractivity contribution in [1.29, 1.82) is 0 Å². The Morgan fingerprint density at radius 2 is 1.70 bits per heavy atom. The van der Waals surface area contributed by atoms with Gasteiger partial charge in [-0.1, -0.05) is 44.7 Å². The molecule has 2 aromatic carbocycles. The molecule has 2 unspecified atom stereocenters. The molecule has 9 nitrogen and oxygen atoms in total. The number of aromatic nitrogens is 4. The van der Waals surface area contributed by atoms with Gasteiger partial charge >= 0.3 is 0 Å². The number of aryl methyl sites for hydroxylation is 2. The van der Waals surface area contributed by atoms with Crippen LogP contribution >= 0.6 is 0 Å². The summed E-state index contributed by atoms with van der Waals surface area (Å²) in [5.74, 6) is 2.84. The molecule has 2 aromatic heterocycles. The Balaban J connectivity index is 1.54. The second-order valence-corrected chi connectivity index (χ2v) is 15.3. The van der Waals surface area contributed by atoms with E-state index in [9.17, 15) is 8.42 Å². The Labute approximate surface area is 261 Å². The molecular formula is C34H46N6O3S. The van der Waals surface area contributed by atoms with E-state index in [0.717, 1.165) is 17.4 Å². The lowest BCUT2D eigenvalue weighted by Gasteiger charge is -2.26. The fraction of sp³-hybridized carbons (Fsp3) is 0.500. The van der Waals surface area contributed by atoms with Crippen LogP contribution in [0.1, 0.15) is 90.2 Å². The monoisotopic (exact) mass is 618 g/mol. The van der Waals surface area contributed by atoms with E-state index in [2.05, 4.69) is 41.6 Å². The van der Waals surface area contributed by atoms with E-state index in [1.807, 2.05) is 25.5 Å². The Hall–Kier alpha value is -3.66. The molecule has 1 aliphatic rings. The summed E-state index contributed by atoms with van der Waals surface area (Å²) >= 11 is 0. The quantitative estimate of drug-likeness (QED) is 0.193. The van der Waals surface area contributed by atoms with Gasteiger partial charge in [0.1, 0.15) is 11.3 Å². The highest BCUT2D eigenvalue weighted by atomic mass is 32.2. The normalized spacial score (nSPS) is 17.9. The predicted octanol–water partition coefficient (Wildman–Crippen LogP) is 8.20. The lowest BCUT2D eigenvalue weighted by atomic mass is 9.81. The third-order valence-corrected chi connectivity index (χ3v) is 10.8. The van der Waals surface area contributed by atoms with E-state index >= 15 is 0 Å². The number of nitrogens with one attached hydrogen (secondary N) is 2. The molecule has 10 heteroatoms. The van der Waals surface area contributed by atoms with Crippen molar-refractivity contribution in [2.24, 2.45) is 13.0 Å². The van der Waals surface area contributed by atoms with E-state index in [4.69, 9.17) is 14.7 Å². The lowest BCUT2D eigenvalue weighted by molar-refractivity contribution is 0.243. The fourth-order valence-corrected chi connectivity index (χ4v) is 7.28. The number of hydrogen-bond acceptors (Lipinski definition) is 8. The van der Waals surface area contributed by atoms with Crippen LogP contribution in [0.3, 0.4) is 0 Å². The average Bonchev–Trinajstić information content (AvgIpc) is 3.33. The maximum atomic E-state index is 13.2. The van der Waals surface area contributed by atoms with Crippen molar-refractivity contribution in [2.45, 2.75) is 102 Å². The molecule has 5 rings (SSSR count). The van der Waals surface area contributed by atoms with Crippen molar-refractivity contribution in [3.63, 3.8) is 0 Å². The summed E-state index contributed by atoms with van der Waals surface area (Å²) < 4.78 is 34.5. The number of hydrogen-bond donors (Lipinski definition) is 2. The summed E-state index contributed by atoms with van der Waals surface area (Å²) in [6.45, 7) is 12.0. The van der Waals surface area contributed by atoms with Crippen LogP contribution in [0.15, 0.2) is 47.6 Å². The second kappa shape index (κ2) is 13.1. The van der Waals surface area contributed by atoms with E-state index < -0.39 is 15.1 Å². The average molecular weight is 619 g/mol. The predicted molar refractivity (Wildman–Crippen MR) is 178 cm³/mol. The molecule has 2 atom stereocenters. The standard InChI is InChI=1S/C34H46N6O3S/c1-21(2)43-29-19-26(25-13-9-8-12-23(5)16-17-25)24(6)18-28(29)37-34-38-32-31(40(7)20-35-32)33(39-34)36-27-14-10-11-15-30(27)44(41,42)22(3)4/h10-11,14-15,18-23,25H,8-9,12-13,16-17H2,1-7H3,(H2,36,37,38,39). The Bertz CT molecular complexity index is 1730. The van der Waals surface area contributed by atoms with Gasteiger partial charge in [-0.15, -0.1) is 0 Å². The largest absolute Gasteiger partial charge is 0.489 e. The molecule has 0 saturated heterocycles. The van der Waals surface area contributed by atoms with Gasteiger partial charge in [-0.2, -0.15) is 9.97 Å². The van der Waals surface area contributed by atoms with Crippen LogP contribution in [-0.4, -0.2) is 39.3 Å². The molecule has 0 amide bonds. The minimum absolute atomic E-state index is 0.0146. The van der Waals surface area contributed by atoms with Gasteiger partial charge in [0.25, 0.3) is 0 Å². The van der Waals surface area contributed by atoms with Crippen LogP contribution in [0.4, 0.5) is 23.1 Å². The van der Waals surface area contributed by atoms with E-state index in [1.165, 1.54) is 49.7 Å². The molecule has 4 aromatic rings.